The Morgan fingerprint density at radius 2 is 0.757 bits per heavy atom. The molecule has 5 rings (SSSR count). The van der Waals surface area contributed by atoms with Gasteiger partial charge in [-0.2, -0.15) is 0 Å². The van der Waals surface area contributed by atoms with E-state index in [0.717, 1.165) is 77.9 Å². The molecule has 2 unspecified atom stereocenters. The number of halogens is 4. The highest BCUT2D eigenvalue weighted by atomic mass is 79.9. The summed E-state index contributed by atoms with van der Waals surface area (Å²) >= 11 is 6.58. The molecule has 2 atom stereocenters. The minimum absolute atomic E-state index is 0.131. The van der Waals surface area contributed by atoms with Crippen molar-refractivity contribution in [2.75, 3.05) is 13.1 Å². The molecule has 0 spiro atoms. The van der Waals surface area contributed by atoms with Crippen molar-refractivity contribution in [1.82, 2.24) is 9.80 Å². The van der Waals surface area contributed by atoms with Crippen molar-refractivity contribution in [2.45, 2.75) is 233 Å². The van der Waals surface area contributed by atoms with E-state index in [4.69, 9.17) is 0 Å². The number of rotatable bonds is 39. The monoisotopic (exact) mass is 1070 g/mol. The van der Waals surface area contributed by atoms with E-state index in [1.807, 2.05) is 28.0 Å². The fraction of sp³-hybridized carbons (Fsp3) is 0.667. The van der Waals surface area contributed by atoms with Crippen molar-refractivity contribution in [3.05, 3.63) is 78.5 Å². The van der Waals surface area contributed by atoms with Gasteiger partial charge in [-0.05, 0) is 95.4 Å². The van der Waals surface area contributed by atoms with Gasteiger partial charge in [0.05, 0.1) is 36.1 Å². The summed E-state index contributed by atoms with van der Waals surface area (Å²) in [6.07, 6.45) is 38.6. The van der Waals surface area contributed by atoms with Gasteiger partial charge in [0, 0.05) is 18.0 Å². The number of unbranched alkanes of at least 4 members (excludes halogenated alkanes) is 24. The maximum atomic E-state index is 15.6. The van der Waals surface area contributed by atoms with Gasteiger partial charge in [0.15, 0.2) is 17.5 Å². The zero-order valence-corrected chi connectivity index (χ0v) is 46.9. The number of hydrogen-bond donors (Lipinski definition) is 0. The van der Waals surface area contributed by atoms with Crippen LogP contribution in [-0.2, 0) is 9.59 Å². The number of carbonyl (C=O) groups is 2. The van der Waals surface area contributed by atoms with E-state index in [1.165, 1.54) is 165 Å². The van der Waals surface area contributed by atoms with Gasteiger partial charge >= 0.3 is 0 Å². The Morgan fingerprint density at radius 1 is 0.443 bits per heavy atom. The van der Waals surface area contributed by atoms with Gasteiger partial charge in [-0.15, -0.1) is 22.7 Å². The zero-order chi connectivity index (χ0) is 50.1. The molecule has 2 aliphatic heterocycles. The summed E-state index contributed by atoms with van der Waals surface area (Å²) in [6, 6.07) is 9.78. The van der Waals surface area contributed by atoms with E-state index >= 15 is 9.59 Å². The first-order chi connectivity index (χ1) is 34.1. The van der Waals surface area contributed by atoms with Crippen LogP contribution in [0.15, 0.2) is 51.3 Å². The van der Waals surface area contributed by atoms with Gasteiger partial charge in [-0.3, -0.25) is 9.59 Å². The smallest absolute Gasteiger partial charge is 0.261 e. The molecule has 0 saturated heterocycles. The number of benzene rings is 1. The van der Waals surface area contributed by atoms with Crippen LogP contribution in [0.2, 0.25) is 0 Å². The summed E-state index contributed by atoms with van der Waals surface area (Å²) < 4.78 is 44.5. The Hall–Kier alpha value is -2.69. The number of nitrogens with zero attached hydrogens (tertiary/aromatic N) is 2. The van der Waals surface area contributed by atoms with Crippen LogP contribution < -0.4 is 0 Å². The molecule has 70 heavy (non-hydrogen) atoms. The van der Waals surface area contributed by atoms with E-state index in [2.05, 4.69) is 43.6 Å². The lowest BCUT2D eigenvalue weighted by Gasteiger charge is -2.29. The number of fused-ring (bicyclic) bond motifs is 1. The second kappa shape index (κ2) is 32.5. The fourth-order valence-electron chi connectivity index (χ4n) is 10.7. The second-order valence-corrected chi connectivity index (χ2v) is 24.2. The third-order valence-electron chi connectivity index (χ3n) is 14.8. The predicted molar refractivity (Wildman–Crippen MR) is 296 cm³/mol. The van der Waals surface area contributed by atoms with Crippen LogP contribution in [0.5, 0.6) is 0 Å². The first-order valence-electron chi connectivity index (χ1n) is 28.3. The molecule has 10 heteroatoms. The van der Waals surface area contributed by atoms with Crippen molar-refractivity contribution < 1.29 is 22.8 Å². The van der Waals surface area contributed by atoms with Crippen LogP contribution in [0.3, 0.4) is 0 Å². The third kappa shape index (κ3) is 17.8. The lowest BCUT2D eigenvalue weighted by molar-refractivity contribution is -0.124. The molecule has 0 N–H and O–H groups in total. The average molecular weight is 1070 g/mol. The quantitative estimate of drug-likeness (QED) is 0.0422. The molecule has 2 amide bonds. The van der Waals surface area contributed by atoms with Crippen LogP contribution in [-0.4, -0.2) is 34.7 Å². The molecule has 3 aromatic rings. The van der Waals surface area contributed by atoms with Gasteiger partial charge in [0.25, 0.3) is 11.8 Å². The molecule has 1 aromatic carbocycles. The van der Waals surface area contributed by atoms with Crippen LogP contribution >= 0.6 is 38.6 Å². The molecule has 2 aromatic heterocycles. The maximum Gasteiger partial charge on any atom is 0.261 e. The predicted octanol–water partition coefficient (Wildman–Crippen LogP) is 20.3. The summed E-state index contributed by atoms with van der Waals surface area (Å²) in [5, 5.41) is 0. The van der Waals surface area contributed by atoms with Gasteiger partial charge in [0.2, 0.25) is 0 Å². The van der Waals surface area contributed by atoms with E-state index < -0.39 is 17.5 Å². The van der Waals surface area contributed by atoms with E-state index in [0.29, 0.717) is 45.6 Å². The standard InChI is InChI=1S/C60H88BrF3N2O2S2/c1-5-9-13-17-21-23-27-31-35-45(33-29-25-19-15-11-7-3)43-65-57(51-38-37-50(69-51)47-41-48(62)56(64)49(63)42-47)54-55(60(65)68)58(52-39-40-53(61)70-52)66(59(54)67)44-46(34-30-26-20-16-12-8-4)36-32-28-24-22-18-14-10-6-2/h37-42,45-46H,5-36,43-44H2,1-4H3. The van der Waals surface area contributed by atoms with Crippen molar-refractivity contribution >= 4 is 61.8 Å². The number of carbonyl (C=O) groups excluding carboxylic acids is 2. The maximum absolute atomic E-state index is 15.6. The molecule has 390 valence electrons. The minimum Gasteiger partial charge on any atom is -0.306 e. The van der Waals surface area contributed by atoms with Crippen molar-refractivity contribution in [3.8, 4) is 10.4 Å². The van der Waals surface area contributed by atoms with Crippen LogP contribution in [0.1, 0.15) is 243 Å². The fourth-order valence-corrected chi connectivity index (χ4v) is 13.2. The number of thiophene rings is 2. The molecule has 0 aliphatic carbocycles. The van der Waals surface area contributed by atoms with E-state index in [9.17, 15) is 13.2 Å². The van der Waals surface area contributed by atoms with Gasteiger partial charge < -0.3 is 9.80 Å². The Balaban J connectivity index is 1.51. The average Bonchev–Trinajstić information content (AvgIpc) is 4.13. The molecule has 2 aliphatic rings. The summed E-state index contributed by atoms with van der Waals surface area (Å²) in [5.74, 6) is -3.70. The molecular weight excluding hydrogens is 982 g/mol. The highest BCUT2D eigenvalue weighted by molar-refractivity contribution is 9.11. The van der Waals surface area contributed by atoms with Crippen LogP contribution in [0, 0.1) is 29.3 Å². The SMILES string of the molecule is CCCCCCCCCCC(CCCCCCCC)CN1C(=O)C2=C(c3ccc(-c4cc(F)c(F)c(F)c4)s3)N(CC(CCCCCCCC)CCCCCCCCCC)C(=O)C2=C1c1ccc(Br)s1. The zero-order valence-electron chi connectivity index (χ0n) is 43.7. The largest absolute Gasteiger partial charge is 0.306 e. The Kier molecular flexibility index (Phi) is 27.0. The molecular formula is C60H88BrF3N2O2S2. The topological polar surface area (TPSA) is 40.6 Å². The van der Waals surface area contributed by atoms with Crippen LogP contribution in [0.4, 0.5) is 13.2 Å². The van der Waals surface area contributed by atoms with E-state index in [-0.39, 0.29) is 23.3 Å². The van der Waals surface area contributed by atoms with Crippen LogP contribution in [0.25, 0.3) is 21.8 Å². The van der Waals surface area contributed by atoms with Gasteiger partial charge in [0.1, 0.15) is 0 Å². The number of amides is 2. The first kappa shape index (κ1) is 58.2. The summed E-state index contributed by atoms with van der Waals surface area (Å²) in [7, 11) is 0. The third-order valence-corrected chi connectivity index (χ3v) is 17.6. The summed E-state index contributed by atoms with van der Waals surface area (Å²) in [5.41, 5.74) is 2.49. The molecule has 0 fully saturated rings. The molecule has 4 heterocycles. The molecule has 4 nitrogen and oxygen atoms in total. The first-order valence-corrected chi connectivity index (χ1v) is 30.7. The minimum atomic E-state index is -1.50. The highest BCUT2D eigenvalue weighted by Crippen LogP contribution is 2.50. The Morgan fingerprint density at radius 3 is 1.10 bits per heavy atom. The van der Waals surface area contributed by atoms with Gasteiger partial charge in [-0.1, -0.05) is 207 Å². The molecule has 0 radical (unpaired) electrons. The van der Waals surface area contributed by atoms with Gasteiger partial charge in [-0.25, -0.2) is 13.2 Å². The Bertz CT molecular complexity index is 2070. The Labute approximate surface area is 438 Å². The van der Waals surface area contributed by atoms with E-state index in [1.54, 1.807) is 17.4 Å². The second-order valence-electron chi connectivity index (χ2n) is 20.7. The number of hydrogen-bond acceptors (Lipinski definition) is 4. The van der Waals surface area contributed by atoms with Crippen molar-refractivity contribution in [1.29, 1.82) is 0 Å². The lowest BCUT2D eigenvalue weighted by Crippen LogP contribution is -2.34. The molecule has 0 bridgehead atoms. The molecule has 0 saturated carbocycles. The normalized spacial score (nSPS) is 14.9. The summed E-state index contributed by atoms with van der Waals surface area (Å²) in [4.78, 5) is 37.1. The summed E-state index contributed by atoms with van der Waals surface area (Å²) in [6.45, 7) is 10.1. The lowest BCUT2D eigenvalue weighted by atomic mass is 9.93. The van der Waals surface area contributed by atoms with Crippen molar-refractivity contribution in [3.63, 3.8) is 0 Å². The highest BCUT2D eigenvalue weighted by Gasteiger charge is 2.50. The van der Waals surface area contributed by atoms with Crippen molar-refractivity contribution in [2.24, 2.45) is 11.8 Å².